The maximum absolute atomic E-state index is 11.2. The Morgan fingerprint density at radius 2 is 1.29 bits per heavy atom. The summed E-state index contributed by atoms with van der Waals surface area (Å²) in [5.41, 5.74) is 0. The van der Waals surface area contributed by atoms with Gasteiger partial charge in [-0.05, 0) is 0 Å². The van der Waals surface area contributed by atoms with Crippen LogP contribution in [0.2, 0.25) is 0 Å². The summed E-state index contributed by atoms with van der Waals surface area (Å²) in [5, 5.41) is 65.7. The quantitative estimate of drug-likeness (QED) is 0.217. The molecule has 1 aliphatic rings. The molecule has 0 saturated heterocycles. The molecule has 0 aromatic rings. The van der Waals surface area contributed by atoms with E-state index in [-0.39, 0.29) is 0 Å². The van der Waals surface area contributed by atoms with Crippen LogP contribution in [0.15, 0.2) is 0 Å². The SMILES string of the molecule is O=P(O)(O)C(OC1C(O)C(O)C(O)C(O)C1O)C(O)CO. The molecular weight excluding hydrogens is 315 g/mol. The van der Waals surface area contributed by atoms with Crippen molar-refractivity contribution in [3.8, 4) is 0 Å². The van der Waals surface area contributed by atoms with Crippen molar-refractivity contribution in [1.82, 2.24) is 0 Å². The highest BCUT2D eigenvalue weighted by molar-refractivity contribution is 7.52. The molecule has 6 unspecified atom stereocenters. The maximum Gasteiger partial charge on any atom is 0.356 e. The summed E-state index contributed by atoms with van der Waals surface area (Å²) in [6.45, 7) is -1.08. The first-order chi connectivity index (χ1) is 9.52. The number of hydrogen-bond acceptors (Lipinski definition) is 9. The Morgan fingerprint density at radius 1 is 0.905 bits per heavy atom. The van der Waals surface area contributed by atoms with Crippen LogP contribution in [-0.2, 0) is 9.30 Å². The molecule has 1 fully saturated rings. The van der Waals surface area contributed by atoms with Gasteiger partial charge in [0.2, 0.25) is 0 Å². The average Bonchev–Trinajstić information content (AvgIpc) is 2.41. The van der Waals surface area contributed by atoms with E-state index in [4.69, 9.17) is 19.6 Å². The monoisotopic (exact) mass is 334 g/mol. The van der Waals surface area contributed by atoms with Crippen LogP contribution < -0.4 is 0 Å². The minimum Gasteiger partial charge on any atom is -0.394 e. The fraction of sp³-hybridized carbons (Fsp3) is 1.00. The molecule has 1 aliphatic carbocycles. The number of ether oxygens (including phenoxy) is 1. The van der Waals surface area contributed by atoms with Gasteiger partial charge in [-0.1, -0.05) is 0 Å². The van der Waals surface area contributed by atoms with Crippen molar-refractivity contribution in [2.45, 2.75) is 48.6 Å². The van der Waals surface area contributed by atoms with Gasteiger partial charge in [0.1, 0.15) is 42.7 Å². The van der Waals surface area contributed by atoms with Gasteiger partial charge in [0.05, 0.1) is 6.61 Å². The van der Waals surface area contributed by atoms with Gasteiger partial charge in [0, 0.05) is 0 Å². The molecule has 0 spiro atoms. The predicted molar refractivity (Wildman–Crippen MR) is 63.8 cm³/mol. The van der Waals surface area contributed by atoms with E-state index in [0.717, 1.165) is 0 Å². The molecular formula is C9H19O11P. The second kappa shape index (κ2) is 6.94. The van der Waals surface area contributed by atoms with Crippen molar-refractivity contribution in [2.24, 2.45) is 0 Å². The highest BCUT2D eigenvalue weighted by Gasteiger charge is 2.51. The second-order valence-corrected chi connectivity index (χ2v) is 6.47. The normalized spacial score (nSPS) is 40.8. The van der Waals surface area contributed by atoms with Gasteiger partial charge in [-0.2, -0.15) is 0 Å². The predicted octanol–water partition coefficient (Wildman–Crippen LogP) is -4.95. The Hall–Kier alpha value is -0.170. The molecule has 0 radical (unpaired) electrons. The Kier molecular flexibility index (Phi) is 6.24. The largest absolute Gasteiger partial charge is 0.394 e. The van der Waals surface area contributed by atoms with Crippen LogP contribution in [0.5, 0.6) is 0 Å². The van der Waals surface area contributed by atoms with E-state index in [0.29, 0.717) is 0 Å². The lowest BCUT2D eigenvalue weighted by Gasteiger charge is -2.43. The average molecular weight is 334 g/mol. The molecule has 126 valence electrons. The van der Waals surface area contributed by atoms with Crippen molar-refractivity contribution in [2.75, 3.05) is 6.61 Å². The zero-order chi connectivity index (χ0) is 16.5. The van der Waals surface area contributed by atoms with Gasteiger partial charge in [0.25, 0.3) is 0 Å². The molecule has 21 heavy (non-hydrogen) atoms. The van der Waals surface area contributed by atoms with Crippen LogP contribution in [-0.4, -0.2) is 101 Å². The lowest BCUT2D eigenvalue weighted by atomic mass is 9.85. The van der Waals surface area contributed by atoms with Gasteiger partial charge >= 0.3 is 7.60 Å². The second-order valence-electron chi connectivity index (χ2n) is 4.78. The van der Waals surface area contributed by atoms with Crippen molar-refractivity contribution in [3.63, 3.8) is 0 Å². The zero-order valence-corrected chi connectivity index (χ0v) is 11.5. The van der Waals surface area contributed by atoms with Gasteiger partial charge in [-0.15, -0.1) is 0 Å². The van der Waals surface area contributed by atoms with E-state index < -0.39 is 62.8 Å². The number of rotatable bonds is 5. The summed E-state index contributed by atoms with van der Waals surface area (Å²) in [6, 6.07) is 0. The minimum absolute atomic E-state index is 1.08. The fourth-order valence-electron chi connectivity index (χ4n) is 2.00. The van der Waals surface area contributed by atoms with Gasteiger partial charge in [-0.25, -0.2) is 0 Å². The molecule has 0 bridgehead atoms. The van der Waals surface area contributed by atoms with Gasteiger partial charge < -0.3 is 50.3 Å². The van der Waals surface area contributed by atoms with Crippen LogP contribution >= 0.6 is 7.60 Å². The van der Waals surface area contributed by atoms with E-state index in [1.54, 1.807) is 0 Å². The van der Waals surface area contributed by atoms with Crippen molar-refractivity contribution < 1.29 is 54.8 Å². The Balaban J connectivity index is 2.99. The molecule has 11 nitrogen and oxygen atoms in total. The van der Waals surface area contributed by atoms with Crippen molar-refractivity contribution >= 4 is 7.60 Å². The van der Waals surface area contributed by atoms with E-state index in [2.05, 4.69) is 0 Å². The lowest BCUT2D eigenvalue weighted by Crippen LogP contribution is -2.65. The molecule has 9 N–H and O–H groups in total. The molecule has 0 aliphatic heterocycles. The third kappa shape index (κ3) is 3.97. The molecule has 0 aromatic carbocycles. The van der Waals surface area contributed by atoms with Gasteiger partial charge in [0.15, 0.2) is 5.85 Å². The maximum atomic E-state index is 11.2. The smallest absolute Gasteiger partial charge is 0.356 e. The van der Waals surface area contributed by atoms with E-state index in [1.807, 2.05) is 0 Å². The van der Waals surface area contributed by atoms with E-state index in [9.17, 15) is 35.2 Å². The molecule has 1 rings (SSSR count). The number of hydrogen-bond donors (Lipinski definition) is 9. The first kappa shape index (κ1) is 18.9. The van der Waals surface area contributed by atoms with E-state index in [1.165, 1.54) is 0 Å². The highest BCUT2D eigenvalue weighted by atomic mass is 31.2. The van der Waals surface area contributed by atoms with Gasteiger partial charge in [-0.3, -0.25) is 4.57 Å². The molecule has 0 aromatic heterocycles. The first-order valence-electron chi connectivity index (χ1n) is 5.92. The summed E-state index contributed by atoms with van der Waals surface area (Å²) in [5.74, 6) is -2.30. The number of aliphatic hydroxyl groups excluding tert-OH is 7. The highest BCUT2D eigenvalue weighted by Crippen LogP contribution is 2.45. The molecule has 12 heteroatoms. The summed E-state index contributed by atoms with van der Waals surface area (Å²) in [6.07, 6.45) is -13.7. The molecule has 6 atom stereocenters. The van der Waals surface area contributed by atoms with Crippen LogP contribution in [0.25, 0.3) is 0 Å². The fourth-order valence-corrected chi connectivity index (χ4v) is 2.84. The Bertz CT molecular complexity index is 370. The lowest BCUT2D eigenvalue weighted by molar-refractivity contribution is -0.245. The molecule has 1 saturated carbocycles. The van der Waals surface area contributed by atoms with Crippen LogP contribution in [0.3, 0.4) is 0 Å². The Morgan fingerprint density at radius 3 is 1.62 bits per heavy atom. The third-order valence-corrected chi connectivity index (χ3v) is 4.35. The standard InChI is InChI=1S/C9H19O11P/c10-1-2(11)9(21(17,18)19)20-8-6(15)4(13)3(12)5(14)7(8)16/h2-16H,1H2,(H2,17,18,19). The van der Waals surface area contributed by atoms with Crippen molar-refractivity contribution in [1.29, 1.82) is 0 Å². The van der Waals surface area contributed by atoms with Crippen LogP contribution in [0.4, 0.5) is 0 Å². The third-order valence-electron chi connectivity index (χ3n) is 3.22. The van der Waals surface area contributed by atoms with Crippen LogP contribution in [0.1, 0.15) is 0 Å². The first-order valence-corrected chi connectivity index (χ1v) is 7.60. The van der Waals surface area contributed by atoms with Crippen LogP contribution in [0, 0.1) is 0 Å². The van der Waals surface area contributed by atoms with E-state index >= 15 is 0 Å². The number of aliphatic hydroxyl groups is 7. The minimum atomic E-state index is -5.10. The topological polar surface area (TPSA) is 208 Å². The molecule has 0 amide bonds. The molecule has 0 heterocycles. The summed E-state index contributed by atoms with van der Waals surface area (Å²) in [7, 11) is -5.10. The summed E-state index contributed by atoms with van der Waals surface area (Å²) >= 11 is 0. The summed E-state index contributed by atoms with van der Waals surface area (Å²) < 4.78 is 15.9. The zero-order valence-electron chi connectivity index (χ0n) is 10.6. The Labute approximate surface area is 118 Å². The van der Waals surface area contributed by atoms with Crippen molar-refractivity contribution in [3.05, 3.63) is 0 Å². The summed E-state index contributed by atoms with van der Waals surface area (Å²) in [4.78, 5) is 18.1.